The second kappa shape index (κ2) is 6.89. The first kappa shape index (κ1) is 16.9. The quantitative estimate of drug-likeness (QED) is 0.711. The molecular formula is C20H20FN3O. The van der Waals surface area contributed by atoms with Gasteiger partial charge in [0.05, 0.1) is 5.56 Å². The summed E-state index contributed by atoms with van der Waals surface area (Å²) < 4.78 is 14.4. The Bertz CT molecular complexity index is 898. The van der Waals surface area contributed by atoms with Gasteiger partial charge in [-0.25, -0.2) is 4.39 Å². The van der Waals surface area contributed by atoms with Gasteiger partial charge in [0.1, 0.15) is 5.82 Å². The molecule has 5 heteroatoms. The molecule has 1 amide bonds. The smallest absolute Gasteiger partial charge is 0.259 e. The van der Waals surface area contributed by atoms with Gasteiger partial charge in [0.15, 0.2) is 5.82 Å². The predicted molar refractivity (Wildman–Crippen MR) is 97.2 cm³/mol. The average Bonchev–Trinajstić information content (AvgIpc) is 3.04. The third-order valence-corrected chi connectivity index (χ3v) is 4.06. The fourth-order valence-electron chi connectivity index (χ4n) is 2.50. The largest absolute Gasteiger partial charge is 0.305 e. The number of nitrogens with zero attached hydrogens (tertiary/aromatic N) is 1. The van der Waals surface area contributed by atoms with Crippen LogP contribution in [0.4, 0.5) is 10.2 Å². The van der Waals surface area contributed by atoms with Crippen molar-refractivity contribution in [1.82, 2.24) is 10.2 Å². The van der Waals surface area contributed by atoms with E-state index in [2.05, 4.69) is 15.5 Å². The molecule has 0 saturated heterocycles. The number of carbonyl (C=O) groups is 1. The van der Waals surface area contributed by atoms with Gasteiger partial charge >= 0.3 is 0 Å². The molecule has 3 aromatic rings. The van der Waals surface area contributed by atoms with Gasteiger partial charge in [-0.15, -0.1) is 0 Å². The molecule has 0 bridgehead atoms. The van der Waals surface area contributed by atoms with Crippen molar-refractivity contribution in [1.29, 1.82) is 0 Å². The Morgan fingerprint density at radius 1 is 1.08 bits per heavy atom. The third kappa shape index (κ3) is 3.76. The maximum atomic E-state index is 14.4. The van der Waals surface area contributed by atoms with E-state index in [1.54, 1.807) is 12.1 Å². The summed E-state index contributed by atoms with van der Waals surface area (Å²) in [7, 11) is 0. The van der Waals surface area contributed by atoms with Crippen molar-refractivity contribution < 1.29 is 9.18 Å². The van der Waals surface area contributed by atoms with E-state index in [0.29, 0.717) is 5.82 Å². The van der Waals surface area contributed by atoms with Crippen LogP contribution in [-0.4, -0.2) is 16.1 Å². The lowest BCUT2D eigenvalue weighted by Gasteiger charge is -2.07. The first-order chi connectivity index (χ1) is 11.9. The predicted octanol–water partition coefficient (Wildman–Crippen LogP) is 4.90. The van der Waals surface area contributed by atoms with Gasteiger partial charge in [-0.1, -0.05) is 49.7 Å². The number of carbonyl (C=O) groups excluding carboxylic acids is 1. The van der Waals surface area contributed by atoms with Crippen LogP contribution < -0.4 is 5.32 Å². The summed E-state index contributed by atoms with van der Waals surface area (Å²) >= 11 is 0. The van der Waals surface area contributed by atoms with Gasteiger partial charge in [-0.2, -0.15) is 5.10 Å². The van der Waals surface area contributed by atoms with Crippen molar-refractivity contribution in [2.45, 2.75) is 26.7 Å². The highest BCUT2D eigenvalue weighted by Crippen LogP contribution is 2.23. The monoisotopic (exact) mass is 337 g/mol. The zero-order chi connectivity index (χ0) is 18.0. The van der Waals surface area contributed by atoms with Gasteiger partial charge in [0.2, 0.25) is 0 Å². The Kier molecular flexibility index (Phi) is 4.65. The number of aromatic amines is 1. The highest BCUT2D eigenvalue weighted by molar-refractivity contribution is 6.04. The van der Waals surface area contributed by atoms with Crippen molar-refractivity contribution >= 4 is 11.7 Å². The lowest BCUT2D eigenvalue weighted by atomic mass is 10.0. The summed E-state index contributed by atoms with van der Waals surface area (Å²) in [6.45, 7) is 6.03. The minimum Gasteiger partial charge on any atom is -0.305 e. The van der Waals surface area contributed by atoms with Crippen LogP contribution >= 0.6 is 0 Å². The molecule has 128 valence electrons. The number of aryl methyl sites for hydroxylation is 1. The van der Waals surface area contributed by atoms with Crippen LogP contribution in [0.3, 0.4) is 0 Å². The Morgan fingerprint density at radius 3 is 2.36 bits per heavy atom. The highest BCUT2D eigenvalue weighted by Gasteiger charge is 2.15. The van der Waals surface area contributed by atoms with Crippen molar-refractivity contribution in [3.8, 4) is 11.1 Å². The number of halogens is 1. The summed E-state index contributed by atoms with van der Waals surface area (Å²) in [6, 6.07) is 14.2. The minimum atomic E-state index is -0.560. The van der Waals surface area contributed by atoms with Gasteiger partial charge in [-0.3, -0.25) is 9.89 Å². The van der Waals surface area contributed by atoms with E-state index >= 15 is 0 Å². The maximum absolute atomic E-state index is 14.4. The van der Waals surface area contributed by atoms with Crippen molar-refractivity contribution in [2.75, 3.05) is 5.32 Å². The number of aromatic nitrogens is 2. The molecule has 0 radical (unpaired) electrons. The molecule has 2 N–H and O–H groups in total. The van der Waals surface area contributed by atoms with Crippen molar-refractivity contribution in [2.24, 2.45) is 0 Å². The zero-order valence-corrected chi connectivity index (χ0v) is 14.4. The highest BCUT2D eigenvalue weighted by atomic mass is 19.1. The Balaban J connectivity index is 1.80. The molecule has 0 saturated carbocycles. The number of rotatable bonds is 4. The molecule has 0 atom stereocenters. The number of benzene rings is 2. The molecule has 0 aliphatic rings. The third-order valence-electron chi connectivity index (χ3n) is 4.06. The number of nitrogens with one attached hydrogen (secondary N) is 2. The van der Waals surface area contributed by atoms with E-state index in [-0.39, 0.29) is 11.5 Å². The average molecular weight is 337 g/mol. The van der Waals surface area contributed by atoms with Crippen LogP contribution in [0.25, 0.3) is 11.1 Å². The van der Waals surface area contributed by atoms with Crippen LogP contribution in [-0.2, 0) is 0 Å². The number of hydrogen-bond acceptors (Lipinski definition) is 2. The Hall–Kier alpha value is -2.95. The normalized spacial score (nSPS) is 10.9. The summed E-state index contributed by atoms with van der Waals surface area (Å²) in [5, 5.41) is 9.50. The fraction of sp³-hybridized carbons (Fsp3) is 0.200. The molecule has 0 aliphatic heterocycles. The molecule has 25 heavy (non-hydrogen) atoms. The van der Waals surface area contributed by atoms with E-state index in [4.69, 9.17) is 0 Å². The molecule has 4 nitrogen and oxygen atoms in total. The Labute approximate surface area is 146 Å². The number of hydrogen-bond donors (Lipinski definition) is 2. The van der Waals surface area contributed by atoms with E-state index in [9.17, 15) is 9.18 Å². The zero-order valence-electron chi connectivity index (χ0n) is 14.4. The van der Waals surface area contributed by atoms with E-state index < -0.39 is 11.7 Å². The fourth-order valence-corrected chi connectivity index (χ4v) is 2.50. The lowest BCUT2D eigenvalue weighted by molar-refractivity contribution is 0.102. The molecule has 1 heterocycles. The maximum Gasteiger partial charge on any atom is 0.259 e. The van der Waals surface area contributed by atoms with Gasteiger partial charge in [-0.05, 0) is 36.1 Å². The number of anilines is 1. The molecule has 0 unspecified atom stereocenters. The van der Waals surface area contributed by atoms with E-state index in [0.717, 1.165) is 22.4 Å². The van der Waals surface area contributed by atoms with Gasteiger partial charge in [0.25, 0.3) is 5.91 Å². The number of amides is 1. The van der Waals surface area contributed by atoms with Crippen LogP contribution in [0.15, 0.2) is 48.5 Å². The first-order valence-corrected chi connectivity index (χ1v) is 8.17. The molecule has 3 rings (SSSR count). The summed E-state index contributed by atoms with van der Waals surface area (Å²) in [6.07, 6.45) is 0. The topological polar surface area (TPSA) is 57.8 Å². The van der Waals surface area contributed by atoms with Gasteiger partial charge in [0, 0.05) is 11.8 Å². The van der Waals surface area contributed by atoms with Crippen LogP contribution in [0.2, 0.25) is 0 Å². The summed E-state index contributed by atoms with van der Waals surface area (Å²) in [4.78, 5) is 12.3. The minimum absolute atomic E-state index is 0.00930. The van der Waals surface area contributed by atoms with Crippen molar-refractivity contribution in [3.05, 3.63) is 71.2 Å². The molecule has 0 spiro atoms. The molecular weight excluding hydrogens is 317 g/mol. The molecule has 0 fully saturated rings. The Morgan fingerprint density at radius 2 is 1.76 bits per heavy atom. The second-order valence-corrected chi connectivity index (χ2v) is 6.38. The first-order valence-electron chi connectivity index (χ1n) is 8.17. The van der Waals surface area contributed by atoms with Crippen LogP contribution in [0, 0.1) is 12.7 Å². The van der Waals surface area contributed by atoms with Gasteiger partial charge < -0.3 is 5.32 Å². The summed E-state index contributed by atoms with van der Waals surface area (Å²) in [5.74, 6) is -0.427. The lowest BCUT2D eigenvalue weighted by Crippen LogP contribution is -2.14. The van der Waals surface area contributed by atoms with E-state index in [1.165, 1.54) is 12.1 Å². The SMILES string of the molecule is Cc1ccc(-c2ccc(C(=O)Nc3cc(C(C)C)[nH]n3)c(F)c2)cc1. The van der Waals surface area contributed by atoms with Crippen LogP contribution in [0.5, 0.6) is 0 Å². The van der Waals surface area contributed by atoms with Crippen molar-refractivity contribution in [3.63, 3.8) is 0 Å². The summed E-state index contributed by atoms with van der Waals surface area (Å²) in [5.41, 5.74) is 3.68. The molecule has 2 aromatic carbocycles. The molecule has 1 aromatic heterocycles. The molecule has 0 aliphatic carbocycles. The van der Waals surface area contributed by atoms with Crippen LogP contribution in [0.1, 0.15) is 41.4 Å². The number of H-pyrrole nitrogens is 1. The van der Waals surface area contributed by atoms with E-state index in [1.807, 2.05) is 45.0 Å². The standard InChI is InChI=1S/C20H20FN3O/c1-12(2)18-11-19(24-23-18)22-20(25)16-9-8-15(10-17(16)21)14-6-4-13(3)5-7-14/h4-12H,1-3H3,(H2,22,23,24,25). The second-order valence-electron chi connectivity index (χ2n) is 6.38.